The number of carbonyl (C=O) groups is 1. The summed E-state index contributed by atoms with van der Waals surface area (Å²) >= 11 is 0. The van der Waals surface area contributed by atoms with Gasteiger partial charge in [-0.05, 0) is 43.5 Å². The van der Waals surface area contributed by atoms with E-state index in [1.807, 2.05) is 30.9 Å². The normalized spacial score (nSPS) is 17.4. The molecule has 0 radical (unpaired) electrons. The van der Waals surface area contributed by atoms with Crippen LogP contribution in [0, 0.1) is 17.5 Å². The Kier molecular flexibility index (Phi) is 6.21. The van der Waals surface area contributed by atoms with Crippen LogP contribution in [0.1, 0.15) is 54.5 Å². The minimum atomic E-state index is -1.51. The van der Waals surface area contributed by atoms with E-state index in [9.17, 15) is 18.0 Å². The molecule has 0 saturated heterocycles. The van der Waals surface area contributed by atoms with Gasteiger partial charge in [0.15, 0.2) is 23.1 Å². The number of amides is 1. The Bertz CT molecular complexity index is 1500. The summed E-state index contributed by atoms with van der Waals surface area (Å²) in [6.07, 6.45) is 1.64. The number of aromatic nitrogens is 4. The first-order valence-electron chi connectivity index (χ1n) is 12.2. The smallest absolute Gasteiger partial charge is 0.275 e. The number of aryl methyl sites for hydroxylation is 2. The molecule has 4 aromatic rings. The number of hydrogen-bond donors (Lipinski definition) is 0. The van der Waals surface area contributed by atoms with Crippen LogP contribution in [0.4, 0.5) is 13.2 Å². The quantitative estimate of drug-likeness (QED) is 0.340. The Balaban J connectivity index is 1.65. The summed E-state index contributed by atoms with van der Waals surface area (Å²) in [5, 5.41) is 9.90. The van der Waals surface area contributed by atoms with E-state index in [1.165, 1.54) is 0 Å². The summed E-state index contributed by atoms with van der Waals surface area (Å²) in [6, 6.07) is 6.91. The fourth-order valence-corrected chi connectivity index (χ4v) is 5.59. The number of rotatable bonds is 5. The number of hydrogen-bond acceptors (Lipinski definition) is 4. The molecule has 2 aromatic carbocycles. The van der Waals surface area contributed by atoms with Crippen molar-refractivity contribution in [1.29, 1.82) is 0 Å². The van der Waals surface area contributed by atoms with Crippen LogP contribution >= 0.6 is 0 Å². The molecular weight excluding hydrogens is 483 g/mol. The van der Waals surface area contributed by atoms with E-state index in [4.69, 9.17) is 9.84 Å². The molecule has 0 N–H and O–H groups in total. The first-order chi connectivity index (χ1) is 17.7. The number of carbonyl (C=O) groups excluding carboxylic acids is 1. The Hall–Kier alpha value is -3.82. The standard InChI is InChI=1S/C27H28F3N5O2/c1-6-15-13-16-24(31-34(4)26(16)14-11-17(28)23(30)18(29)12-14)19(7-2)35(15)27(36)25-22-20(33(3)32-25)9-8-10-21(22)37-5/h8-12,15,19H,6-7,13H2,1-5H3. The SMILES string of the molecule is CCC1Cc2c(nn(C)c2-c2cc(F)c(F)c(F)c2)C(CC)N1C(=O)c1nn(C)c2cccc(OC)c12. The molecule has 1 aliphatic rings. The van der Waals surface area contributed by atoms with Crippen molar-refractivity contribution in [3.05, 3.63) is 64.7 Å². The maximum absolute atomic E-state index is 14.2. The van der Waals surface area contributed by atoms with Gasteiger partial charge in [0.2, 0.25) is 0 Å². The lowest BCUT2D eigenvalue weighted by Crippen LogP contribution is -2.47. The molecule has 0 aliphatic carbocycles. The molecule has 0 spiro atoms. The summed E-state index contributed by atoms with van der Waals surface area (Å²) in [5.41, 5.74) is 3.27. The van der Waals surface area contributed by atoms with Crippen LogP contribution in [-0.2, 0) is 20.5 Å². The van der Waals surface area contributed by atoms with Crippen molar-refractivity contribution in [2.75, 3.05) is 7.11 Å². The third-order valence-corrected chi connectivity index (χ3v) is 7.27. The Morgan fingerprint density at radius 2 is 1.76 bits per heavy atom. The minimum Gasteiger partial charge on any atom is -0.496 e. The first kappa shape index (κ1) is 24.9. The van der Waals surface area contributed by atoms with Gasteiger partial charge in [-0.1, -0.05) is 19.9 Å². The fraction of sp³-hybridized carbons (Fsp3) is 0.370. The van der Waals surface area contributed by atoms with Gasteiger partial charge in [0.05, 0.1) is 35.4 Å². The summed E-state index contributed by atoms with van der Waals surface area (Å²) < 4.78 is 50.7. The molecule has 3 heterocycles. The second kappa shape index (κ2) is 9.24. The highest BCUT2D eigenvalue weighted by Crippen LogP contribution is 2.42. The van der Waals surface area contributed by atoms with E-state index in [0.29, 0.717) is 47.5 Å². The zero-order chi connectivity index (χ0) is 26.6. The van der Waals surface area contributed by atoms with Crippen molar-refractivity contribution in [3.63, 3.8) is 0 Å². The Morgan fingerprint density at radius 1 is 1.05 bits per heavy atom. The molecule has 0 fully saturated rings. The van der Waals surface area contributed by atoms with Crippen molar-refractivity contribution in [3.8, 4) is 17.0 Å². The number of fused-ring (bicyclic) bond motifs is 2. The fourth-order valence-electron chi connectivity index (χ4n) is 5.59. The third kappa shape index (κ3) is 3.77. The van der Waals surface area contributed by atoms with Gasteiger partial charge in [-0.15, -0.1) is 0 Å². The molecule has 5 rings (SSSR count). The lowest BCUT2D eigenvalue weighted by Gasteiger charge is -2.41. The highest BCUT2D eigenvalue weighted by Gasteiger charge is 2.41. The summed E-state index contributed by atoms with van der Waals surface area (Å²) in [5.74, 6) is -3.69. The van der Waals surface area contributed by atoms with E-state index in [1.54, 1.807) is 36.6 Å². The van der Waals surface area contributed by atoms with Crippen LogP contribution in [-0.4, -0.2) is 43.5 Å². The molecule has 0 saturated carbocycles. The predicted molar refractivity (Wildman–Crippen MR) is 133 cm³/mol. The average molecular weight is 512 g/mol. The molecule has 0 bridgehead atoms. The zero-order valence-electron chi connectivity index (χ0n) is 21.3. The van der Waals surface area contributed by atoms with Gasteiger partial charge in [0.25, 0.3) is 5.91 Å². The number of methoxy groups -OCH3 is 1. The molecule has 2 aromatic heterocycles. The topological polar surface area (TPSA) is 65.2 Å². The highest BCUT2D eigenvalue weighted by atomic mass is 19.2. The molecule has 1 amide bonds. The van der Waals surface area contributed by atoms with Gasteiger partial charge < -0.3 is 9.64 Å². The second-order valence-corrected chi connectivity index (χ2v) is 9.32. The predicted octanol–water partition coefficient (Wildman–Crippen LogP) is 5.33. The molecule has 37 heavy (non-hydrogen) atoms. The minimum absolute atomic E-state index is 0.206. The molecule has 194 valence electrons. The van der Waals surface area contributed by atoms with Crippen LogP contribution in [0.15, 0.2) is 30.3 Å². The van der Waals surface area contributed by atoms with Gasteiger partial charge in [0, 0.05) is 31.3 Å². The number of benzene rings is 2. The maximum atomic E-state index is 14.2. The molecule has 2 unspecified atom stereocenters. The van der Waals surface area contributed by atoms with Gasteiger partial charge >= 0.3 is 0 Å². The van der Waals surface area contributed by atoms with Crippen molar-refractivity contribution in [1.82, 2.24) is 24.5 Å². The van der Waals surface area contributed by atoms with Crippen molar-refractivity contribution in [2.24, 2.45) is 14.1 Å². The van der Waals surface area contributed by atoms with Crippen LogP contribution in [0.25, 0.3) is 22.2 Å². The average Bonchev–Trinajstić information content (AvgIpc) is 3.41. The molecule has 7 nitrogen and oxygen atoms in total. The summed E-state index contributed by atoms with van der Waals surface area (Å²) in [7, 11) is 5.03. The number of ether oxygens (including phenoxy) is 1. The van der Waals surface area contributed by atoms with Crippen LogP contribution in [0.5, 0.6) is 5.75 Å². The van der Waals surface area contributed by atoms with E-state index in [2.05, 4.69) is 5.10 Å². The molecule has 2 atom stereocenters. The largest absolute Gasteiger partial charge is 0.496 e. The molecule has 1 aliphatic heterocycles. The van der Waals surface area contributed by atoms with Gasteiger partial charge in [-0.25, -0.2) is 13.2 Å². The monoisotopic (exact) mass is 511 g/mol. The van der Waals surface area contributed by atoms with Crippen LogP contribution < -0.4 is 4.74 Å². The Morgan fingerprint density at radius 3 is 2.38 bits per heavy atom. The van der Waals surface area contributed by atoms with Crippen molar-refractivity contribution in [2.45, 2.75) is 45.2 Å². The van der Waals surface area contributed by atoms with Crippen LogP contribution in [0.3, 0.4) is 0 Å². The lowest BCUT2D eigenvalue weighted by atomic mass is 9.87. The molecular formula is C27H28F3N5O2. The highest BCUT2D eigenvalue weighted by molar-refractivity contribution is 6.07. The maximum Gasteiger partial charge on any atom is 0.275 e. The van der Waals surface area contributed by atoms with Gasteiger partial charge in [-0.2, -0.15) is 10.2 Å². The van der Waals surface area contributed by atoms with Crippen molar-refractivity contribution >= 4 is 16.8 Å². The van der Waals surface area contributed by atoms with E-state index < -0.39 is 17.5 Å². The third-order valence-electron chi connectivity index (χ3n) is 7.27. The Labute approximate surface area is 212 Å². The summed E-state index contributed by atoms with van der Waals surface area (Å²) in [6.45, 7) is 3.96. The van der Waals surface area contributed by atoms with Crippen molar-refractivity contribution < 1.29 is 22.7 Å². The van der Waals surface area contributed by atoms with E-state index >= 15 is 0 Å². The first-order valence-corrected chi connectivity index (χ1v) is 12.2. The van der Waals surface area contributed by atoms with E-state index in [-0.39, 0.29) is 23.6 Å². The van der Waals surface area contributed by atoms with Crippen LogP contribution in [0.2, 0.25) is 0 Å². The number of nitrogens with zero attached hydrogens (tertiary/aromatic N) is 5. The zero-order valence-corrected chi connectivity index (χ0v) is 21.3. The second-order valence-electron chi connectivity index (χ2n) is 9.32. The van der Waals surface area contributed by atoms with E-state index in [0.717, 1.165) is 23.2 Å². The molecule has 10 heteroatoms. The van der Waals surface area contributed by atoms with Gasteiger partial charge in [0.1, 0.15) is 5.75 Å². The van der Waals surface area contributed by atoms with Gasteiger partial charge in [-0.3, -0.25) is 14.2 Å². The lowest BCUT2D eigenvalue weighted by molar-refractivity contribution is 0.0507. The summed E-state index contributed by atoms with van der Waals surface area (Å²) in [4.78, 5) is 16.0. The number of halogens is 3.